The van der Waals surface area contributed by atoms with Crippen molar-refractivity contribution in [1.82, 2.24) is 0 Å². The second-order valence-corrected chi connectivity index (χ2v) is 11.0. The van der Waals surface area contributed by atoms with Gasteiger partial charge < -0.3 is 9.29 Å². The fraction of sp³-hybridized carbons (Fsp3) is 0.786. The van der Waals surface area contributed by atoms with Crippen molar-refractivity contribution in [2.45, 2.75) is 129 Å². The van der Waals surface area contributed by atoms with E-state index in [1.54, 1.807) is 0 Å². The maximum atomic E-state index is 10.8. The van der Waals surface area contributed by atoms with E-state index in [1.807, 2.05) is 0 Å². The minimum absolute atomic E-state index is 0. The molecule has 34 heavy (non-hydrogen) atoms. The van der Waals surface area contributed by atoms with Crippen LogP contribution in [0.4, 0.5) is 0 Å². The third-order valence-electron chi connectivity index (χ3n) is 6.29. The fourth-order valence-electron chi connectivity index (χ4n) is 4.25. The van der Waals surface area contributed by atoms with Crippen LogP contribution in [0.25, 0.3) is 0 Å². The summed E-state index contributed by atoms with van der Waals surface area (Å²) in [6.07, 6.45) is 21.4. The molecule has 0 atom stereocenters. The second kappa shape index (κ2) is 22.2. The van der Waals surface area contributed by atoms with Crippen molar-refractivity contribution in [3.63, 3.8) is 0 Å². The zero-order valence-electron chi connectivity index (χ0n) is 22.4. The number of rotatable bonds is 22. The predicted octanol–water partition coefficient (Wildman–Crippen LogP) is 4.98. The normalized spacial score (nSPS) is 11.4. The summed E-state index contributed by atoms with van der Waals surface area (Å²) in [6.45, 7) is 4.96. The van der Waals surface area contributed by atoms with Crippen molar-refractivity contribution in [3.8, 4) is 5.75 Å². The minimum Gasteiger partial charge on any atom is -0.748 e. The van der Waals surface area contributed by atoms with E-state index in [9.17, 15) is 13.0 Å². The van der Waals surface area contributed by atoms with Crippen molar-refractivity contribution < 1.29 is 47.3 Å². The molecule has 0 aliphatic rings. The van der Waals surface area contributed by atoms with E-state index < -0.39 is 10.1 Å². The molecule has 0 aliphatic carbocycles. The van der Waals surface area contributed by atoms with Crippen LogP contribution >= 0.6 is 0 Å². The Bertz CT molecular complexity index is 706. The summed E-state index contributed by atoms with van der Waals surface area (Å²) in [5.74, 6) is 0.618. The molecule has 0 aromatic heterocycles. The molecule has 0 saturated heterocycles. The van der Waals surface area contributed by atoms with E-state index in [1.165, 1.54) is 101 Å². The van der Waals surface area contributed by atoms with E-state index in [4.69, 9.17) is 4.74 Å². The van der Waals surface area contributed by atoms with Crippen molar-refractivity contribution in [3.05, 3.63) is 29.3 Å². The van der Waals surface area contributed by atoms with Crippen LogP contribution in [0.1, 0.15) is 128 Å². The minimum atomic E-state index is -4.13. The van der Waals surface area contributed by atoms with E-state index in [-0.39, 0.29) is 35.3 Å². The van der Waals surface area contributed by atoms with Gasteiger partial charge in [-0.15, -0.1) is 0 Å². The largest absolute Gasteiger partial charge is 1.00 e. The first-order chi connectivity index (χ1) is 16.0. The molecule has 0 bridgehead atoms. The third-order valence-corrected chi connectivity index (χ3v) is 7.08. The molecule has 0 N–H and O–H groups in total. The van der Waals surface area contributed by atoms with Crippen LogP contribution in [0.15, 0.2) is 18.2 Å². The Morgan fingerprint density at radius 1 is 0.706 bits per heavy atom. The Morgan fingerprint density at radius 2 is 1.24 bits per heavy atom. The molecular formula is C28H49NaO4S. The SMILES string of the molecule is CCCCCCCCCc1ccc(OCCCCS(=O)(=O)[O-])c(CCCCCCCCC)c1.[Na+]. The molecule has 0 amide bonds. The van der Waals surface area contributed by atoms with Gasteiger partial charge in [0.05, 0.1) is 16.7 Å². The summed E-state index contributed by atoms with van der Waals surface area (Å²) < 4.78 is 38.3. The van der Waals surface area contributed by atoms with Gasteiger partial charge in [-0.25, -0.2) is 8.42 Å². The van der Waals surface area contributed by atoms with Crippen LogP contribution in [-0.2, 0) is 23.0 Å². The smallest absolute Gasteiger partial charge is 0.748 e. The standard InChI is InChI=1S/C28H50O4S.Na/c1-3-5-7-9-11-13-15-19-26-21-22-28(32-23-17-18-24-33(29,30)31)27(25-26)20-16-14-12-10-8-6-4-2;/h21-22,25H,3-20,23-24H2,1-2H3,(H,29,30,31);/q;+1/p-1. The number of aryl methyl sites for hydroxylation is 2. The van der Waals surface area contributed by atoms with Crippen molar-refractivity contribution in [2.75, 3.05) is 12.4 Å². The van der Waals surface area contributed by atoms with Crippen LogP contribution in [0, 0.1) is 0 Å². The molecule has 0 spiro atoms. The molecule has 1 rings (SSSR count). The Hall–Kier alpha value is -0.0700. The second-order valence-electron chi connectivity index (χ2n) is 9.50. The van der Waals surface area contributed by atoms with Crippen LogP contribution in [0.5, 0.6) is 5.75 Å². The summed E-state index contributed by atoms with van der Waals surface area (Å²) in [4.78, 5) is 0. The zero-order chi connectivity index (χ0) is 24.2. The van der Waals surface area contributed by atoms with Gasteiger partial charge >= 0.3 is 29.6 Å². The van der Waals surface area contributed by atoms with Gasteiger partial charge in [0.25, 0.3) is 0 Å². The first kappa shape index (κ1) is 33.9. The molecule has 1 aromatic rings. The Kier molecular flexibility index (Phi) is 22.1. The fourth-order valence-corrected chi connectivity index (χ4v) is 4.80. The molecule has 1 aromatic carbocycles. The van der Waals surface area contributed by atoms with Crippen LogP contribution < -0.4 is 34.3 Å². The monoisotopic (exact) mass is 504 g/mol. The summed E-state index contributed by atoms with van der Waals surface area (Å²) in [6, 6.07) is 6.60. The van der Waals surface area contributed by atoms with Crippen molar-refractivity contribution in [2.24, 2.45) is 0 Å². The van der Waals surface area contributed by atoms with Gasteiger partial charge in [-0.05, 0) is 55.7 Å². The first-order valence-corrected chi connectivity index (χ1v) is 15.2. The Morgan fingerprint density at radius 3 is 1.79 bits per heavy atom. The number of benzene rings is 1. The van der Waals surface area contributed by atoms with Crippen LogP contribution in [0.2, 0.25) is 0 Å². The molecule has 4 nitrogen and oxygen atoms in total. The van der Waals surface area contributed by atoms with Gasteiger partial charge in [-0.1, -0.05) is 103 Å². The molecule has 0 aliphatic heterocycles. The van der Waals surface area contributed by atoms with Crippen molar-refractivity contribution >= 4 is 10.1 Å². The van der Waals surface area contributed by atoms with E-state index in [0.717, 1.165) is 18.6 Å². The predicted molar refractivity (Wildman–Crippen MR) is 139 cm³/mol. The molecule has 6 heteroatoms. The first-order valence-electron chi connectivity index (χ1n) is 13.6. The molecule has 0 radical (unpaired) electrons. The van der Waals surface area contributed by atoms with Gasteiger partial charge in [0, 0.05) is 5.75 Å². The zero-order valence-corrected chi connectivity index (χ0v) is 25.2. The molecule has 0 unspecified atom stereocenters. The summed E-state index contributed by atoms with van der Waals surface area (Å²) in [7, 11) is -4.13. The summed E-state index contributed by atoms with van der Waals surface area (Å²) in [5.41, 5.74) is 2.67. The maximum absolute atomic E-state index is 10.8. The Labute approximate surface area is 233 Å². The molecule has 0 heterocycles. The third kappa shape index (κ3) is 19.2. The maximum Gasteiger partial charge on any atom is 1.00 e. The van der Waals surface area contributed by atoms with Crippen LogP contribution in [-0.4, -0.2) is 25.3 Å². The van der Waals surface area contributed by atoms with Crippen molar-refractivity contribution in [1.29, 1.82) is 0 Å². The number of ether oxygens (including phenoxy) is 1. The van der Waals surface area contributed by atoms with Gasteiger partial charge in [0.1, 0.15) is 5.75 Å². The molecule has 0 saturated carbocycles. The van der Waals surface area contributed by atoms with E-state index in [0.29, 0.717) is 19.4 Å². The van der Waals surface area contributed by atoms with Gasteiger partial charge in [0.2, 0.25) is 0 Å². The topological polar surface area (TPSA) is 66.4 Å². The van der Waals surface area contributed by atoms with Gasteiger partial charge in [0.15, 0.2) is 0 Å². The molecular weight excluding hydrogens is 455 g/mol. The average molecular weight is 505 g/mol. The average Bonchev–Trinajstić information content (AvgIpc) is 2.78. The summed E-state index contributed by atoms with van der Waals surface area (Å²) >= 11 is 0. The number of hydrogen-bond donors (Lipinski definition) is 0. The van der Waals surface area contributed by atoms with Gasteiger partial charge in [-0.2, -0.15) is 0 Å². The quantitative estimate of drug-likeness (QED) is 0.127. The van der Waals surface area contributed by atoms with Gasteiger partial charge in [-0.3, -0.25) is 0 Å². The van der Waals surface area contributed by atoms with E-state index in [2.05, 4.69) is 32.0 Å². The number of unbranched alkanes of at least 4 members (excludes halogenated alkanes) is 13. The molecule has 0 fully saturated rings. The number of hydrogen-bond acceptors (Lipinski definition) is 4. The Balaban J connectivity index is 0.0000109. The van der Waals surface area contributed by atoms with E-state index >= 15 is 0 Å². The summed E-state index contributed by atoms with van der Waals surface area (Å²) in [5, 5.41) is 0. The van der Waals surface area contributed by atoms with Crippen LogP contribution in [0.3, 0.4) is 0 Å². The molecule has 192 valence electrons.